The second-order valence-corrected chi connectivity index (χ2v) is 4.25. The molecule has 0 aliphatic heterocycles. The summed E-state index contributed by atoms with van der Waals surface area (Å²) in [5.74, 6) is 0. The van der Waals surface area contributed by atoms with Crippen molar-refractivity contribution in [3.8, 4) is 0 Å². The highest BCUT2D eigenvalue weighted by molar-refractivity contribution is 14.1. The predicted molar refractivity (Wildman–Crippen MR) is 54.9 cm³/mol. The average Bonchev–Trinajstić information content (AvgIpc) is 2.54. The summed E-state index contributed by atoms with van der Waals surface area (Å²) in [6, 6.07) is 0.620. The fraction of sp³-hybridized carbons (Fsp3) is 0.750. The third-order valence-corrected chi connectivity index (χ3v) is 2.92. The monoisotopic (exact) mass is 277 g/mol. The van der Waals surface area contributed by atoms with Gasteiger partial charge < -0.3 is 0 Å². The molecule has 4 heteroatoms. The second-order valence-electron chi connectivity index (χ2n) is 3.29. The van der Waals surface area contributed by atoms with Crippen molar-refractivity contribution in [3.63, 3.8) is 0 Å². The molecule has 1 fully saturated rings. The van der Waals surface area contributed by atoms with Crippen LogP contribution in [0.1, 0.15) is 38.1 Å². The van der Waals surface area contributed by atoms with Gasteiger partial charge in [0.25, 0.3) is 0 Å². The van der Waals surface area contributed by atoms with Crippen LogP contribution in [0.3, 0.4) is 0 Å². The summed E-state index contributed by atoms with van der Waals surface area (Å²) in [7, 11) is 0. The van der Waals surface area contributed by atoms with Gasteiger partial charge in [0.05, 0.1) is 6.04 Å². The summed E-state index contributed by atoms with van der Waals surface area (Å²) in [5.41, 5.74) is 0. The SMILES string of the molecule is Ic1ncn(C2CCCCC2)n1. The normalized spacial score (nSPS) is 19.8. The minimum absolute atomic E-state index is 0.620. The van der Waals surface area contributed by atoms with Crippen LogP contribution in [0, 0.1) is 3.83 Å². The molecular weight excluding hydrogens is 265 g/mol. The highest BCUT2D eigenvalue weighted by atomic mass is 127. The molecule has 0 radical (unpaired) electrons. The van der Waals surface area contributed by atoms with E-state index < -0.39 is 0 Å². The zero-order chi connectivity index (χ0) is 8.39. The van der Waals surface area contributed by atoms with Crippen molar-refractivity contribution in [2.75, 3.05) is 0 Å². The summed E-state index contributed by atoms with van der Waals surface area (Å²) >= 11 is 2.15. The molecular formula is C8H12IN3. The highest BCUT2D eigenvalue weighted by Gasteiger charge is 2.15. The van der Waals surface area contributed by atoms with E-state index in [1.54, 1.807) is 0 Å². The van der Waals surface area contributed by atoms with E-state index in [9.17, 15) is 0 Å². The van der Waals surface area contributed by atoms with Crippen molar-refractivity contribution in [1.29, 1.82) is 0 Å². The summed E-state index contributed by atoms with van der Waals surface area (Å²) < 4.78 is 2.89. The Balaban J connectivity index is 2.08. The first kappa shape index (κ1) is 8.47. The van der Waals surface area contributed by atoms with Crippen molar-refractivity contribution in [2.45, 2.75) is 38.1 Å². The van der Waals surface area contributed by atoms with Crippen molar-refractivity contribution >= 4 is 22.6 Å². The van der Waals surface area contributed by atoms with Gasteiger partial charge in [0, 0.05) is 22.6 Å². The average molecular weight is 277 g/mol. The van der Waals surface area contributed by atoms with Gasteiger partial charge in [-0.25, -0.2) is 9.67 Å². The van der Waals surface area contributed by atoms with E-state index >= 15 is 0 Å². The van der Waals surface area contributed by atoms with Crippen molar-refractivity contribution in [1.82, 2.24) is 14.8 Å². The van der Waals surface area contributed by atoms with Crippen LogP contribution in [-0.2, 0) is 0 Å². The number of halogens is 1. The fourth-order valence-corrected chi connectivity index (χ4v) is 2.15. The number of aromatic nitrogens is 3. The summed E-state index contributed by atoms with van der Waals surface area (Å²) in [6.45, 7) is 0. The van der Waals surface area contributed by atoms with Gasteiger partial charge in [-0.15, -0.1) is 5.10 Å². The van der Waals surface area contributed by atoms with Gasteiger partial charge in [-0.1, -0.05) is 19.3 Å². The summed E-state index contributed by atoms with van der Waals surface area (Å²) in [6.07, 6.45) is 8.50. The number of hydrogen-bond acceptors (Lipinski definition) is 2. The Hall–Kier alpha value is -0.130. The third kappa shape index (κ3) is 1.78. The van der Waals surface area contributed by atoms with E-state index in [4.69, 9.17) is 0 Å². The maximum absolute atomic E-state index is 4.33. The molecule has 2 rings (SSSR count). The van der Waals surface area contributed by atoms with Gasteiger partial charge in [-0.3, -0.25) is 0 Å². The van der Waals surface area contributed by atoms with Gasteiger partial charge in [0.2, 0.25) is 3.83 Å². The maximum Gasteiger partial charge on any atom is 0.211 e. The highest BCUT2D eigenvalue weighted by Crippen LogP contribution is 2.26. The zero-order valence-electron chi connectivity index (χ0n) is 6.91. The van der Waals surface area contributed by atoms with Crippen LogP contribution in [0.25, 0.3) is 0 Å². The van der Waals surface area contributed by atoms with Crippen LogP contribution in [0.5, 0.6) is 0 Å². The minimum Gasteiger partial charge on any atom is -0.249 e. The summed E-state index contributed by atoms with van der Waals surface area (Å²) in [5, 5.41) is 4.33. The van der Waals surface area contributed by atoms with Crippen LogP contribution in [0.4, 0.5) is 0 Å². The Labute approximate surface area is 85.7 Å². The predicted octanol–water partition coefficient (Wildman–Crippen LogP) is 2.39. The Morgan fingerprint density at radius 2 is 2.08 bits per heavy atom. The molecule has 1 heterocycles. The lowest BCUT2D eigenvalue weighted by Gasteiger charge is -2.20. The third-order valence-electron chi connectivity index (χ3n) is 2.43. The molecule has 1 aliphatic carbocycles. The molecule has 0 atom stereocenters. The number of nitrogens with zero attached hydrogens (tertiary/aromatic N) is 3. The quantitative estimate of drug-likeness (QED) is 0.738. The van der Waals surface area contributed by atoms with Crippen LogP contribution in [0.15, 0.2) is 6.33 Å². The lowest BCUT2D eigenvalue weighted by molar-refractivity contribution is 0.328. The Bertz CT molecular complexity index is 253. The number of rotatable bonds is 1. The fourth-order valence-electron chi connectivity index (χ4n) is 1.78. The second kappa shape index (κ2) is 3.72. The molecule has 0 saturated heterocycles. The van der Waals surface area contributed by atoms with Gasteiger partial charge >= 0.3 is 0 Å². The van der Waals surface area contributed by atoms with Gasteiger partial charge in [0.1, 0.15) is 6.33 Å². The van der Waals surface area contributed by atoms with E-state index in [2.05, 4.69) is 32.7 Å². The molecule has 1 aromatic rings. The van der Waals surface area contributed by atoms with Gasteiger partial charge in [0.15, 0.2) is 0 Å². The molecule has 0 unspecified atom stereocenters. The van der Waals surface area contributed by atoms with Crippen LogP contribution < -0.4 is 0 Å². The van der Waals surface area contributed by atoms with E-state index in [1.165, 1.54) is 32.1 Å². The Kier molecular flexibility index (Phi) is 2.63. The van der Waals surface area contributed by atoms with E-state index in [0.717, 1.165) is 3.83 Å². The van der Waals surface area contributed by atoms with E-state index in [0.29, 0.717) is 6.04 Å². The molecule has 0 N–H and O–H groups in total. The van der Waals surface area contributed by atoms with Crippen molar-refractivity contribution in [3.05, 3.63) is 10.2 Å². The molecule has 3 nitrogen and oxygen atoms in total. The molecule has 1 aliphatic rings. The van der Waals surface area contributed by atoms with Crippen molar-refractivity contribution in [2.24, 2.45) is 0 Å². The molecule has 0 amide bonds. The van der Waals surface area contributed by atoms with E-state index in [-0.39, 0.29) is 0 Å². The van der Waals surface area contributed by atoms with Gasteiger partial charge in [-0.2, -0.15) is 0 Å². The van der Waals surface area contributed by atoms with Gasteiger partial charge in [-0.05, 0) is 12.8 Å². The lowest BCUT2D eigenvalue weighted by atomic mass is 9.96. The molecule has 66 valence electrons. The minimum atomic E-state index is 0.620. The molecule has 0 bridgehead atoms. The topological polar surface area (TPSA) is 30.7 Å². The molecule has 0 aromatic carbocycles. The maximum atomic E-state index is 4.33. The zero-order valence-corrected chi connectivity index (χ0v) is 9.07. The summed E-state index contributed by atoms with van der Waals surface area (Å²) in [4.78, 5) is 4.13. The van der Waals surface area contributed by atoms with Crippen LogP contribution >= 0.6 is 22.6 Å². The lowest BCUT2D eigenvalue weighted by Crippen LogP contribution is -2.13. The van der Waals surface area contributed by atoms with Crippen LogP contribution in [0.2, 0.25) is 0 Å². The first-order valence-corrected chi connectivity index (χ1v) is 5.51. The van der Waals surface area contributed by atoms with Crippen molar-refractivity contribution < 1.29 is 0 Å². The molecule has 1 saturated carbocycles. The Morgan fingerprint density at radius 3 is 2.67 bits per heavy atom. The molecule has 12 heavy (non-hydrogen) atoms. The largest absolute Gasteiger partial charge is 0.249 e. The first-order chi connectivity index (χ1) is 5.86. The van der Waals surface area contributed by atoms with E-state index in [1.807, 2.05) is 11.0 Å². The molecule has 1 aromatic heterocycles. The van der Waals surface area contributed by atoms with Crippen LogP contribution in [-0.4, -0.2) is 14.8 Å². The first-order valence-electron chi connectivity index (χ1n) is 4.43. The molecule has 0 spiro atoms. The number of hydrogen-bond donors (Lipinski definition) is 0. The smallest absolute Gasteiger partial charge is 0.211 e. The standard InChI is InChI=1S/C8H12IN3/c9-8-10-6-12(11-8)7-4-2-1-3-5-7/h6-7H,1-5H2. The Morgan fingerprint density at radius 1 is 1.33 bits per heavy atom.